The van der Waals surface area contributed by atoms with Gasteiger partial charge in [-0.05, 0) is 50.3 Å². The van der Waals surface area contributed by atoms with Crippen molar-refractivity contribution >= 4 is 17.4 Å². The topological polar surface area (TPSA) is 53.6 Å². The van der Waals surface area contributed by atoms with E-state index in [4.69, 9.17) is 4.74 Å². The van der Waals surface area contributed by atoms with Crippen LogP contribution in [-0.2, 0) is 11.2 Å². The van der Waals surface area contributed by atoms with Crippen LogP contribution in [0.3, 0.4) is 0 Å². The second kappa shape index (κ2) is 6.28. The first-order valence-corrected chi connectivity index (χ1v) is 9.31. The van der Waals surface area contributed by atoms with Crippen LogP contribution in [0.25, 0.3) is 0 Å². The molecular formula is C19H27N3O2. The molecule has 0 bridgehead atoms. The van der Waals surface area contributed by atoms with Crippen molar-refractivity contribution in [3.63, 3.8) is 0 Å². The van der Waals surface area contributed by atoms with E-state index >= 15 is 0 Å². The van der Waals surface area contributed by atoms with Gasteiger partial charge in [-0.1, -0.05) is 18.9 Å². The lowest BCUT2D eigenvalue weighted by molar-refractivity contribution is 0.00523. The van der Waals surface area contributed by atoms with Gasteiger partial charge >= 0.3 is 6.03 Å². The lowest BCUT2D eigenvalue weighted by Gasteiger charge is -2.31. The molecule has 3 aliphatic rings. The highest BCUT2D eigenvalue weighted by Gasteiger charge is 2.46. The van der Waals surface area contributed by atoms with E-state index in [2.05, 4.69) is 28.8 Å². The number of benzene rings is 1. The van der Waals surface area contributed by atoms with E-state index in [9.17, 15) is 4.79 Å². The van der Waals surface area contributed by atoms with Crippen LogP contribution in [0.15, 0.2) is 18.2 Å². The molecule has 2 aliphatic heterocycles. The van der Waals surface area contributed by atoms with Crippen LogP contribution in [0.1, 0.15) is 44.6 Å². The van der Waals surface area contributed by atoms with Gasteiger partial charge in [0.25, 0.3) is 0 Å². The fourth-order valence-electron chi connectivity index (χ4n) is 4.54. The maximum Gasteiger partial charge on any atom is 0.321 e. The van der Waals surface area contributed by atoms with Crippen molar-refractivity contribution in [2.45, 2.75) is 57.1 Å². The Kier molecular flexibility index (Phi) is 4.12. The maximum absolute atomic E-state index is 12.2. The zero-order valence-electron chi connectivity index (χ0n) is 14.4. The molecule has 1 aromatic rings. The molecule has 1 unspecified atom stereocenters. The summed E-state index contributed by atoms with van der Waals surface area (Å²) in [4.78, 5) is 14.1. The van der Waals surface area contributed by atoms with Crippen molar-refractivity contribution in [2.75, 3.05) is 29.9 Å². The molecule has 2 N–H and O–H groups in total. The fraction of sp³-hybridized carbons (Fsp3) is 0.632. The molecule has 0 radical (unpaired) electrons. The van der Waals surface area contributed by atoms with Crippen LogP contribution in [0.2, 0.25) is 0 Å². The van der Waals surface area contributed by atoms with Gasteiger partial charge in [0.2, 0.25) is 0 Å². The van der Waals surface area contributed by atoms with Gasteiger partial charge < -0.3 is 15.4 Å². The molecule has 0 aromatic heterocycles. The Morgan fingerprint density at radius 3 is 3.00 bits per heavy atom. The number of nitrogens with one attached hydrogen (secondary N) is 2. The van der Waals surface area contributed by atoms with Gasteiger partial charge in [-0.3, -0.25) is 4.90 Å². The number of amides is 2. The zero-order chi connectivity index (χ0) is 16.6. The number of carbonyl (C=O) groups excluding carboxylic acids is 1. The summed E-state index contributed by atoms with van der Waals surface area (Å²) in [5.74, 6) is 0. The number of nitrogens with zero attached hydrogens (tertiary/aromatic N) is 1. The molecule has 4 rings (SSSR count). The summed E-state index contributed by atoms with van der Waals surface area (Å²) in [6.45, 7) is 4.23. The predicted molar refractivity (Wildman–Crippen MR) is 95.7 cm³/mol. The molecule has 24 heavy (non-hydrogen) atoms. The van der Waals surface area contributed by atoms with Crippen LogP contribution in [-0.4, -0.2) is 37.4 Å². The highest BCUT2D eigenvalue weighted by Crippen LogP contribution is 2.42. The van der Waals surface area contributed by atoms with Crippen LogP contribution >= 0.6 is 0 Å². The van der Waals surface area contributed by atoms with Crippen LogP contribution in [0, 0.1) is 0 Å². The minimum Gasteiger partial charge on any atom is -0.379 e. The van der Waals surface area contributed by atoms with Gasteiger partial charge in [-0.25, -0.2) is 4.79 Å². The summed E-state index contributed by atoms with van der Waals surface area (Å²) >= 11 is 0. The fourth-order valence-corrected chi connectivity index (χ4v) is 4.54. The van der Waals surface area contributed by atoms with E-state index in [1.165, 1.54) is 31.2 Å². The van der Waals surface area contributed by atoms with Crippen LogP contribution in [0.5, 0.6) is 0 Å². The number of rotatable bonds is 3. The second-order valence-electron chi connectivity index (χ2n) is 7.19. The Labute approximate surface area is 143 Å². The summed E-state index contributed by atoms with van der Waals surface area (Å²) < 4.78 is 6.13. The number of hydrogen-bond donors (Lipinski definition) is 2. The molecule has 1 aliphatic carbocycles. The molecule has 5 heteroatoms. The van der Waals surface area contributed by atoms with Gasteiger partial charge in [0.05, 0.1) is 17.3 Å². The monoisotopic (exact) mass is 329 g/mol. The number of carbonyl (C=O) groups is 1. The Morgan fingerprint density at radius 2 is 2.21 bits per heavy atom. The second-order valence-corrected chi connectivity index (χ2v) is 7.19. The Morgan fingerprint density at radius 1 is 1.38 bits per heavy atom. The molecule has 130 valence electrons. The lowest BCUT2D eigenvalue weighted by Crippen LogP contribution is -2.41. The Hall–Kier alpha value is -1.75. The molecular weight excluding hydrogens is 302 g/mol. The summed E-state index contributed by atoms with van der Waals surface area (Å²) in [7, 11) is 0. The van der Waals surface area contributed by atoms with Gasteiger partial charge in [-0.2, -0.15) is 0 Å². The van der Waals surface area contributed by atoms with Crippen molar-refractivity contribution in [3.8, 4) is 0 Å². The molecule has 2 heterocycles. The minimum absolute atomic E-state index is 0.00450. The van der Waals surface area contributed by atoms with Crippen LogP contribution < -0.4 is 15.5 Å². The maximum atomic E-state index is 12.2. The highest BCUT2D eigenvalue weighted by molar-refractivity contribution is 5.94. The van der Waals surface area contributed by atoms with Crippen molar-refractivity contribution in [1.29, 1.82) is 0 Å². The molecule has 1 atom stereocenters. The Bertz CT molecular complexity index is 620. The quantitative estimate of drug-likeness (QED) is 0.895. The van der Waals surface area contributed by atoms with E-state index < -0.39 is 0 Å². The highest BCUT2D eigenvalue weighted by atomic mass is 16.5. The molecule has 1 saturated carbocycles. The summed E-state index contributed by atoms with van der Waals surface area (Å²) in [6.07, 6.45) is 6.88. The molecule has 2 amide bonds. The number of fused-ring (bicyclic) bond motifs is 1. The van der Waals surface area contributed by atoms with Crippen molar-refractivity contribution in [2.24, 2.45) is 0 Å². The molecule has 1 saturated heterocycles. The van der Waals surface area contributed by atoms with Crippen molar-refractivity contribution < 1.29 is 9.53 Å². The minimum atomic E-state index is 0.00450. The molecule has 2 fully saturated rings. The average molecular weight is 329 g/mol. The van der Waals surface area contributed by atoms with Crippen molar-refractivity contribution in [1.82, 2.24) is 5.32 Å². The smallest absolute Gasteiger partial charge is 0.321 e. The lowest BCUT2D eigenvalue weighted by atomic mass is 9.92. The predicted octanol–water partition coefficient (Wildman–Crippen LogP) is 3.29. The van der Waals surface area contributed by atoms with E-state index in [0.29, 0.717) is 12.6 Å². The first kappa shape index (κ1) is 15.8. The summed E-state index contributed by atoms with van der Waals surface area (Å²) in [5, 5.41) is 6.62. The normalized spacial score (nSPS) is 24.4. The number of urea groups is 1. The first-order chi connectivity index (χ1) is 11.7. The number of anilines is 2. The number of hydrogen-bond acceptors (Lipinski definition) is 3. The summed E-state index contributed by atoms with van der Waals surface area (Å²) in [5.41, 5.74) is 3.44. The standard InChI is InChI=1S/C19H27N3O2/c1-2-20-18(23)22-11-7-14-5-6-15(13-16(14)22)21-17-8-12-24-19(17)9-3-4-10-19/h5-6,13,17,21H,2-4,7-12H2,1H3,(H,20,23). The van der Waals surface area contributed by atoms with Gasteiger partial charge in [0.1, 0.15) is 0 Å². The molecule has 1 aromatic carbocycles. The number of ether oxygens (including phenoxy) is 1. The van der Waals surface area contributed by atoms with Gasteiger partial charge in [0.15, 0.2) is 0 Å². The third-order valence-electron chi connectivity index (χ3n) is 5.78. The van der Waals surface area contributed by atoms with Gasteiger partial charge in [0, 0.05) is 25.4 Å². The Balaban J connectivity index is 1.53. The van der Waals surface area contributed by atoms with Crippen LogP contribution in [0.4, 0.5) is 16.2 Å². The largest absolute Gasteiger partial charge is 0.379 e. The average Bonchev–Trinajstić information content (AvgIpc) is 3.30. The third kappa shape index (κ3) is 2.65. The third-order valence-corrected chi connectivity index (χ3v) is 5.78. The summed E-state index contributed by atoms with van der Waals surface area (Å²) in [6, 6.07) is 6.84. The zero-order valence-corrected chi connectivity index (χ0v) is 14.4. The van der Waals surface area contributed by atoms with E-state index in [0.717, 1.165) is 37.4 Å². The van der Waals surface area contributed by atoms with E-state index in [1.54, 1.807) is 0 Å². The van der Waals surface area contributed by atoms with E-state index in [1.807, 2.05) is 11.8 Å². The molecule has 1 spiro atoms. The SMILES string of the molecule is CCNC(=O)N1CCc2ccc(NC3CCOC34CCCC4)cc21. The van der Waals surface area contributed by atoms with E-state index in [-0.39, 0.29) is 11.6 Å². The first-order valence-electron chi connectivity index (χ1n) is 9.31. The molecule has 5 nitrogen and oxygen atoms in total. The van der Waals surface area contributed by atoms with Crippen molar-refractivity contribution in [3.05, 3.63) is 23.8 Å². The van der Waals surface area contributed by atoms with Gasteiger partial charge in [-0.15, -0.1) is 0 Å².